The minimum atomic E-state index is -0.504. The number of benzene rings is 1. The number of nitrogens with zero attached hydrogens (tertiary/aromatic N) is 2. The highest BCUT2D eigenvalue weighted by Crippen LogP contribution is 2.20. The van der Waals surface area contributed by atoms with Gasteiger partial charge in [0.15, 0.2) is 5.13 Å². The number of thiazole rings is 1. The first-order valence-electron chi connectivity index (χ1n) is 5.04. The second kappa shape index (κ2) is 4.92. The van der Waals surface area contributed by atoms with Crippen molar-refractivity contribution in [1.29, 1.82) is 0 Å². The maximum absolute atomic E-state index is 11.8. The third kappa shape index (κ3) is 2.51. The van der Waals surface area contributed by atoms with Crippen LogP contribution in [-0.2, 0) is 0 Å². The monoisotopic (exact) mass is 263 g/mol. The van der Waals surface area contributed by atoms with E-state index in [9.17, 15) is 14.9 Å². The van der Waals surface area contributed by atoms with Crippen LogP contribution in [0.25, 0.3) is 0 Å². The molecule has 1 aromatic heterocycles. The number of nitrogens with one attached hydrogen (secondary N) is 1. The van der Waals surface area contributed by atoms with Crippen LogP contribution in [0.2, 0.25) is 0 Å². The molecule has 0 saturated heterocycles. The average molecular weight is 263 g/mol. The predicted molar refractivity (Wildman–Crippen MR) is 67.9 cm³/mol. The number of anilines is 1. The molecule has 1 aromatic carbocycles. The standard InChI is InChI=1S/C11H9N3O3S/c1-7-2-3-8(6-9(7)14(16)17)10(15)13-11-12-4-5-18-11/h2-6H,1H3,(H,12,13,15). The fourth-order valence-corrected chi connectivity index (χ4v) is 1.93. The van der Waals surface area contributed by atoms with E-state index in [2.05, 4.69) is 10.3 Å². The molecule has 2 aromatic rings. The van der Waals surface area contributed by atoms with Gasteiger partial charge in [0.05, 0.1) is 4.92 Å². The Morgan fingerprint density at radius 1 is 1.50 bits per heavy atom. The molecular weight excluding hydrogens is 254 g/mol. The zero-order chi connectivity index (χ0) is 13.1. The van der Waals surface area contributed by atoms with Gasteiger partial charge in [-0.2, -0.15) is 0 Å². The lowest BCUT2D eigenvalue weighted by molar-refractivity contribution is -0.385. The molecule has 0 aliphatic rings. The minimum Gasteiger partial charge on any atom is -0.298 e. The summed E-state index contributed by atoms with van der Waals surface area (Å²) >= 11 is 1.28. The van der Waals surface area contributed by atoms with E-state index in [-0.39, 0.29) is 11.3 Å². The fourth-order valence-electron chi connectivity index (χ4n) is 1.40. The lowest BCUT2D eigenvalue weighted by atomic mass is 10.1. The number of rotatable bonds is 3. The zero-order valence-corrected chi connectivity index (χ0v) is 10.2. The molecule has 0 aliphatic heterocycles. The summed E-state index contributed by atoms with van der Waals surface area (Å²) in [6.07, 6.45) is 1.57. The Balaban J connectivity index is 2.26. The largest absolute Gasteiger partial charge is 0.298 e. The SMILES string of the molecule is Cc1ccc(C(=O)Nc2nccs2)cc1[N+](=O)[O-]. The van der Waals surface area contributed by atoms with Crippen molar-refractivity contribution in [3.05, 3.63) is 51.0 Å². The lowest BCUT2D eigenvalue weighted by Crippen LogP contribution is -2.12. The van der Waals surface area contributed by atoms with Gasteiger partial charge in [-0.1, -0.05) is 6.07 Å². The molecule has 0 radical (unpaired) electrons. The molecule has 6 nitrogen and oxygen atoms in total. The highest BCUT2D eigenvalue weighted by molar-refractivity contribution is 7.13. The summed E-state index contributed by atoms with van der Waals surface area (Å²) in [6, 6.07) is 4.36. The van der Waals surface area contributed by atoms with Crippen molar-refractivity contribution in [3.63, 3.8) is 0 Å². The number of hydrogen-bond donors (Lipinski definition) is 1. The van der Waals surface area contributed by atoms with Gasteiger partial charge >= 0.3 is 0 Å². The highest BCUT2D eigenvalue weighted by atomic mass is 32.1. The first-order chi connectivity index (χ1) is 8.58. The van der Waals surface area contributed by atoms with Gasteiger partial charge in [-0.25, -0.2) is 4.98 Å². The smallest absolute Gasteiger partial charge is 0.273 e. The van der Waals surface area contributed by atoms with Gasteiger partial charge in [-0.15, -0.1) is 11.3 Å². The molecule has 1 N–H and O–H groups in total. The molecule has 7 heteroatoms. The van der Waals surface area contributed by atoms with Gasteiger partial charge < -0.3 is 0 Å². The molecule has 0 saturated carbocycles. The second-order valence-electron chi connectivity index (χ2n) is 3.55. The van der Waals surface area contributed by atoms with Crippen LogP contribution in [0.5, 0.6) is 0 Å². The summed E-state index contributed by atoms with van der Waals surface area (Å²) in [4.78, 5) is 26.0. The Morgan fingerprint density at radius 2 is 2.28 bits per heavy atom. The van der Waals surface area contributed by atoms with E-state index in [1.54, 1.807) is 30.6 Å². The van der Waals surface area contributed by atoms with E-state index in [0.29, 0.717) is 10.7 Å². The van der Waals surface area contributed by atoms with Crippen molar-refractivity contribution in [2.45, 2.75) is 6.92 Å². The molecule has 0 aliphatic carbocycles. The maximum Gasteiger partial charge on any atom is 0.273 e. The molecule has 1 heterocycles. The van der Waals surface area contributed by atoms with Crippen LogP contribution in [0.3, 0.4) is 0 Å². The normalized spacial score (nSPS) is 10.1. The van der Waals surface area contributed by atoms with E-state index >= 15 is 0 Å². The first-order valence-corrected chi connectivity index (χ1v) is 5.92. The van der Waals surface area contributed by atoms with Crippen molar-refractivity contribution < 1.29 is 9.72 Å². The van der Waals surface area contributed by atoms with E-state index in [4.69, 9.17) is 0 Å². The Labute approximate surface area is 106 Å². The Bertz CT molecular complexity index is 596. The van der Waals surface area contributed by atoms with Gasteiger partial charge in [0.25, 0.3) is 11.6 Å². The number of aromatic nitrogens is 1. The molecule has 0 atom stereocenters. The quantitative estimate of drug-likeness (QED) is 0.681. The summed E-state index contributed by atoms with van der Waals surface area (Å²) < 4.78 is 0. The predicted octanol–water partition coefficient (Wildman–Crippen LogP) is 2.61. The van der Waals surface area contributed by atoms with Crippen LogP contribution < -0.4 is 5.32 Å². The van der Waals surface area contributed by atoms with Crippen LogP contribution in [0, 0.1) is 17.0 Å². The maximum atomic E-state index is 11.8. The summed E-state index contributed by atoms with van der Waals surface area (Å²) in [7, 11) is 0. The molecule has 92 valence electrons. The molecule has 0 bridgehead atoms. The first kappa shape index (κ1) is 12.2. The van der Waals surface area contributed by atoms with Gasteiger partial charge in [-0.05, 0) is 13.0 Å². The molecule has 0 unspecified atom stereocenters. The van der Waals surface area contributed by atoms with Crippen molar-refractivity contribution in [2.24, 2.45) is 0 Å². The molecule has 0 fully saturated rings. The number of aryl methyl sites for hydroxylation is 1. The summed E-state index contributed by atoms with van der Waals surface area (Å²) in [5.74, 6) is -0.409. The van der Waals surface area contributed by atoms with Gasteiger partial charge in [0.2, 0.25) is 0 Å². The van der Waals surface area contributed by atoms with E-state index in [1.807, 2.05) is 0 Å². The van der Waals surface area contributed by atoms with E-state index in [0.717, 1.165) is 0 Å². The number of amides is 1. The summed E-state index contributed by atoms with van der Waals surface area (Å²) in [5.41, 5.74) is 0.690. The Morgan fingerprint density at radius 3 is 2.89 bits per heavy atom. The molecule has 1 amide bonds. The van der Waals surface area contributed by atoms with E-state index in [1.165, 1.54) is 17.4 Å². The second-order valence-corrected chi connectivity index (χ2v) is 4.44. The van der Waals surface area contributed by atoms with E-state index < -0.39 is 10.8 Å². The Kier molecular flexibility index (Phi) is 3.33. The summed E-state index contributed by atoms with van der Waals surface area (Å²) in [5, 5.41) is 15.5. The third-order valence-electron chi connectivity index (χ3n) is 2.32. The van der Waals surface area contributed by atoms with Gasteiger partial charge in [0.1, 0.15) is 0 Å². The number of nitro groups is 1. The van der Waals surface area contributed by atoms with Crippen LogP contribution in [0.1, 0.15) is 15.9 Å². The lowest BCUT2D eigenvalue weighted by Gasteiger charge is -2.03. The number of carbonyl (C=O) groups excluding carboxylic acids is 1. The van der Waals surface area contributed by atoms with Crippen LogP contribution in [-0.4, -0.2) is 15.8 Å². The van der Waals surface area contributed by atoms with Crippen LogP contribution >= 0.6 is 11.3 Å². The zero-order valence-electron chi connectivity index (χ0n) is 9.41. The van der Waals surface area contributed by atoms with Crippen molar-refractivity contribution >= 4 is 28.1 Å². The van der Waals surface area contributed by atoms with Gasteiger partial charge in [0, 0.05) is 28.8 Å². The number of carbonyl (C=O) groups is 1. The topological polar surface area (TPSA) is 85.1 Å². The van der Waals surface area contributed by atoms with Crippen LogP contribution in [0.4, 0.5) is 10.8 Å². The highest BCUT2D eigenvalue weighted by Gasteiger charge is 2.15. The fraction of sp³-hybridized carbons (Fsp3) is 0.0909. The van der Waals surface area contributed by atoms with Crippen LogP contribution in [0.15, 0.2) is 29.8 Å². The third-order valence-corrected chi connectivity index (χ3v) is 3.01. The minimum absolute atomic E-state index is 0.0678. The Hall–Kier alpha value is -2.28. The summed E-state index contributed by atoms with van der Waals surface area (Å²) in [6.45, 7) is 1.63. The van der Waals surface area contributed by atoms with Crippen molar-refractivity contribution in [1.82, 2.24) is 4.98 Å². The van der Waals surface area contributed by atoms with Gasteiger partial charge in [-0.3, -0.25) is 20.2 Å². The van der Waals surface area contributed by atoms with Crippen molar-refractivity contribution in [2.75, 3.05) is 5.32 Å². The molecular formula is C11H9N3O3S. The molecule has 0 spiro atoms. The average Bonchev–Trinajstić information content (AvgIpc) is 2.81. The number of nitro benzene ring substituents is 1. The van der Waals surface area contributed by atoms with Crippen molar-refractivity contribution in [3.8, 4) is 0 Å². The number of hydrogen-bond acceptors (Lipinski definition) is 5. The molecule has 2 rings (SSSR count). The molecule has 18 heavy (non-hydrogen) atoms.